The van der Waals surface area contributed by atoms with Gasteiger partial charge < -0.3 is 4.89 Å². The molecule has 0 unspecified atom stereocenters. The van der Waals surface area contributed by atoms with Crippen LogP contribution >= 0.6 is 11.3 Å². The second-order valence-corrected chi connectivity index (χ2v) is 5.31. The Kier molecular flexibility index (Phi) is 6.60. The lowest BCUT2D eigenvalue weighted by Crippen LogP contribution is -2.18. The van der Waals surface area contributed by atoms with Crippen LogP contribution in [0.15, 0.2) is 22.5 Å². The summed E-state index contributed by atoms with van der Waals surface area (Å²) in [5.74, 6) is 0.250. The van der Waals surface area contributed by atoms with Gasteiger partial charge in [-0.3, -0.25) is 9.79 Å². The second kappa shape index (κ2) is 8.00. The number of hydrogen-bond acceptors (Lipinski definition) is 5. The summed E-state index contributed by atoms with van der Waals surface area (Å²) in [6, 6.07) is 3.95. The van der Waals surface area contributed by atoms with Gasteiger partial charge >= 0.3 is 0 Å². The normalized spacial score (nSPS) is 13.1. The molecule has 100 valence electrons. The lowest BCUT2D eigenvalue weighted by atomic mass is 10.00. The van der Waals surface area contributed by atoms with Crippen LogP contribution in [0.4, 0.5) is 0 Å². The van der Waals surface area contributed by atoms with Gasteiger partial charge in [0.15, 0.2) is 0 Å². The highest BCUT2D eigenvalue weighted by molar-refractivity contribution is 7.09. The van der Waals surface area contributed by atoms with E-state index in [1.807, 2.05) is 31.4 Å². The molecule has 18 heavy (non-hydrogen) atoms. The topological polar surface area (TPSA) is 47.9 Å². The molecule has 0 bridgehead atoms. The van der Waals surface area contributed by atoms with Crippen molar-refractivity contribution in [2.75, 3.05) is 7.11 Å². The van der Waals surface area contributed by atoms with E-state index in [4.69, 9.17) is 0 Å². The minimum atomic E-state index is -0.0892. The SMILES string of the molecule is COOC=N[C@@H](CC(=O)C(C)C)Cc1cccs1. The first-order valence-electron chi connectivity index (χ1n) is 5.89. The van der Waals surface area contributed by atoms with Gasteiger partial charge in [-0.25, -0.2) is 0 Å². The summed E-state index contributed by atoms with van der Waals surface area (Å²) in [5, 5.41) is 2.02. The van der Waals surface area contributed by atoms with E-state index in [0.29, 0.717) is 6.42 Å². The van der Waals surface area contributed by atoms with Crippen LogP contribution in [0.5, 0.6) is 0 Å². The maximum absolute atomic E-state index is 11.8. The van der Waals surface area contributed by atoms with Crippen LogP contribution in [0, 0.1) is 5.92 Å². The van der Waals surface area contributed by atoms with E-state index >= 15 is 0 Å². The van der Waals surface area contributed by atoms with Crippen molar-refractivity contribution in [3.8, 4) is 0 Å². The molecule has 1 aromatic heterocycles. The average molecular weight is 269 g/mol. The van der Waals surface area contributed by atoms with Crippen molar-refractivity contribution in [3.63, 3.8) is 0 Å². The van der Waals surface area contributed by atoms with Gasteiger partial charge in [-0.05, 0) is 11.4 Å². The van der Waals surface area contributed by atoms with Crippen molar-refractivity contribution >= 4 is 23.5 Å². The van der Waals surface area contributed by atoms with Crippen LogP contribution in [0.2, 0.25) is 0 Å². The van der Waals surface area contributed by atoms with Crippen LogP contribution in [-0.2, 0) is 21.0 Å². The quantitative estimate of drug-likeness (QED) is 0.315. The fourth-order valence-electron chi connectivity index (χ4n) is 1.46. The molecule has 0 amide bonds. The average Bonchev–Trinajstić information content (AvgIpc) is 2.81. The van der Waals surface area contributed by atoms with E-state index < -0.39 is 0 Å². The number of ketones is 1. The molecule has 0 saturated heterocycles. The lowest BCUT2D eigenvalue weighted by molar-refractivity contribution is -0.188. The van der Waals surface area contributed by atoms with Crippen LogP contribution in [0.25, 0.3) is 0 Å². The molecule has 0 N–H and O–H groups in total. The highest BCUT2D eigenvalue weighted by atomic mass is 32.1. The zero-order valence-electron chi connectivity index (χ0n) is 11.0. The minimum absolute atomic E-state index is 0.0365. The third-order valence-electron chi connectivity index (χ3n) is 2.51. The van der Waals surface area contributed by atoms with Gasteiger partial charge in [-0.1, -0.05) is 19.9 Å². The summed E-state index contributed by atoms with van der Waals surface area (Å²) in [5.41, 5.74) is 0. The molecule has 1 aromatic rings. The molecule has 5 heteroatoms. The van der Waals surface area contributed by atoms with Crippen molar-refractivity contribution < 1.29 is 14.6 Å². The molecule has 0 saturated carbocycles. The summed E-state index contributed by atoms with van der Waals surface area (Å²) in [6.45, 7) is 3.81. The van der Waals surface area contributed by atoms with E-state index in [-0.39, 0.29) is 17.7 Å². The Hall–Kier alpha value is -1.20. The molecule has 0 aliphatic rings. The Labute approximate surface area is 112 Å². The summed E-state index contributed by atoms with van der Waals surface area (Å²) < 4.78 is 0. The molecule has 1 heterocycles. The first-order valence-corrected chi connectivity index (χ1v) is 6.77. The highest BCUT2D eigenvalue weighted by Gasteiger charge is 2.16. The van der Waals surface area contributed by atoms with Crippen molar-refractivity contribution in [2.45, 2.75) is 32.7 Å². The Morgan fingerprint density at radius 3 is 2.89 bits per heavy atom. The van der Waals surface area contributed by atoms with E-state index in [1.54, 1.807) is 11.3 Å². The van der Waals surface area contributed by atoms with Crippen molar-refractivity contribution in [2.24, 2.45) is 10.9 Å². The number of hydrogen-bond donors (Lipinski definition) is 0. The molecule has 0 radical (unpaired) electrons. The predicted octanol–water partition coefficient (Wildman–Crippen LogP) is 2.88. The van der Waals surface area contributed by atoms with Gasteiger partial charge in [0.25, 0.3) is 0 Å². The third kappa shape index (κ3) is 5.42. The third-order valence-corrected chi connectivity index (χ3v) is 3.41. The first-order chi connectivity index (χ1) is 8.63. The maximum Gasteiger partial charge on any atom is 0.215 e. The molecule has 0 spiro atoms. The number of Topliss-reactive ketones (excluding diaryl/α,β-unsaturated/α-hetero) is 1. The van der Waals surface area contributed by atoms with Crippen LogP contribution in [-0.4, -0.2) is 25.3 Å². The van der Waals surface area contributed by atoms with Crippen LogP contribution in [0.1, 0.15) is 25.1 Å². The second-order valence-electron chi connectivity index (χ2n) is 4.28. The number of carbonyl (C=O) groups is 1. The summed E-state index contributed by atoms with van der Waals surface area (Å²) in [4.78, 5) is 26.3. The van der Waals surface area contributed by atoms with Crippen molar-refractivity contribution in [1.82, 2.24) is 0 Å². The first kappa shape index (κ1) is 14.9. The Balaban J connectivity index is 2.59. The standard InChI is InChI=1S/C13H19NO3S/c1-10(2)13(15)8-11(14-9-17-16-3)7-12-5-4-6-18-12/h4-6,9-11H,7-8H2,1-3H3/t11-/m1/s1. The molecule has 0 fully saturated rings. The molecule has 1 rings (SSSR count). The summed E-state index contributed by atoms with van der Waals surface area (Å²) in [6.07, 6.45) is 2.44. The minimum Gasteiger partial charge on any atom is -0.326 e. The molecule has 0 aliphatic carbocycles. The number of thiophene rings is 1. The Morgan fingerprint density at radius 1 is 1.56 bits per heavy atom. The summed E-state index contributed by atoms with van der Waals surface area (Å²) in [7, 11) is 1.42. The van der Waals surface area contributed by atoms with Gasteiger partial charge in [0, 0.05) is 23.6 Å². The maximum atomic E-state index is 11.8. The van der Waals surface area contributed by atoms with Crippen molar-refractivity contribution in [3.05, 3.63) is 22.4 Å². The van der Waals surface area contributed by atoms with Gasteiger partial charge in [-0.2, -0.15) is 4.89 Å². The molecule has 4 nitrogen and oxygen atoms in total. The zero-order chi connectivity index (χ0) is 13.4. The molecule has 0 aliphatic heterocycles. The zero-order valence-corrected chi connectivity index (χ0v) is 11.8. The summed E-state index contributed by atoms with van der Waals surface area (Å²) >= 11 is 1.67. The number of rotatable bonds is 8. The van der Waals surface area contributed by atoms with E-state index in [9.17, 15) is 4.79 Å². The Bertz CT molecular complexity index is 374. The monoisotopic (exact) mass is 269 g/mol. The van der Waals surface area contributed by atoms with Crippen LogP contribution < -0.4 is 0 Å². The van der Waals surface area contributed by atoms with E-state index in [1.165, 1.54) is 18.4 Å². The van der Waals surface area contributed by atoms with E-state index in [0.717, 1.165) is 6.42 Å². The molecular weight excluding hydrogens is 250 g/mol. The predicted molar refractivity (Wildman–Crippen MR) is 72.9 cm³/mol. The van der Waals surface area contributed by atoms with Gasteiger partial charge in [0.1, 0.15) is 5.78 Å². The van der Waals surface area contributed by atoms with Crippen LogP contribution in [0.3, 0.4) is 0 Å². The van der Waals surface area contributed by atoms with Crippen molar-refractivity contribution in [1.29, 1.82) is 0 Å². The molecule has 1 atom stereocenters. The number of aliphatic imine (C=N–C) groups is 1. The van der Waals surface area contributed by atoms with E-state index in [2.05, 4.69) is 14.8 Å². The van der Waals surface area contributed by atoms with Gasteiger partial charge in [0.2, 0.25) is 6.40 Å². The molecule has 0 aromatic carbocycles. The number of carbonyl (C=O) groups excluding carboxylic acids is 1. The fraction of sp³-hybridized carbons (Fsp3) is 0.538. The number of nitrogens with zero attached hydrogens (tertiary/aromatic N) is 1. The van der Waals surface area contributed by atoms with Gasteiger partial charge in [-0.15, -0.1) is 11.3 Å². The van der Waals surface area contributed by atoms with Gasteiger partial charge in [0.05, 0.1) is 13.2 Å². The Morgan fingerprint density at radius 2 is 2.33 bits per heavy atom. The highest BCUT2D eigenvalue weighted by Crippen LogP contribution is 2.16. The lowest BCUT2D eigenvalue weighted by Gasteiger charge is -2.11. The largest absolute Gasteiger partial charge is 0.326 e. The smallest absolute Gasteiger partial charge is 0.215 e. The fourth-order valence-corrected chi connectivity index (χ4v) is 2.24. The molecular formula is C13H19NO3S.